The van der Waals surface area contributed by atoms with Crippen LogP contribution in [0.25, 0.3) is 0 Å². The quantitative estimate of drug-likeness (QED) is 0.690. The summed E-state index contributed by atoms with van der Waals surface area (Å²) in [7, 11) is 0. The first kappa shape index (κ1) is 8.60. The summed E-state index contributed by atoms with van der Waals surface area (Å²) in [4.78, 5) is 0. The minimum absolute atomic E-state index is 1.05. The number of fused-ring (bicyclic) bond motifs is 1. The normalized spacial score (nSPS) is 49.8. The van der Waals surface area contributed by atoms with E-state index in [4.69, 9.17) is 0 Å². The summed E-state index contributed by atoms with van der Waals surface area (Å²) in [5, 5.41) is 3.53. The maximum Gasteiger partial charge on any atom is -0.00172 e. The smallest absolute Gasteiger partial charge is 0.00172 e. The minimum Gasteiger partial charge on any atom is -0.316 e. The predicted octanol–water partition coefficient (Wildman–Crippen LogP) is 1.99. The lowest BCUT2D eigenvalue weighted by Crippen LogP contribution is -2.16. The van der Waals surface area contributed by atoms with E-state index in [-0.39, 0.29) is 0 Å². The molecule has 0 radical (unpaired) electrons. The molecular weight excluding hydrogens is 178 g/mol. The Balaban J connectivity index is 1.62. The number of hydrogen-bond acceptors (Lipinski definition) is 2. The topological polar surface area (TPSA) is 12.0 Å². The molecule has 1 nitrogen and oxygen atoms in total. The van der Waals surface area contributed by atoms with Crippen LogP contribution >= 0.6 is 11.8 Å². The van der Waals surface area contributed by atoms with Crippen LogP contribution in [0.5, 0.6) is 0 Å². The van der Waals surface area contributed by atoms with Crippen LogP contribution in [0, 0.1) is 23.7 Å². The van der Waals surface area contributed by atoms with Gasteiger partial charge in [0.1, 0.15) is 0 Å². The van der Waals surface area contributed by atoms with Crippen molar-refractivity contribution in [2.45, 2.75) is 19.3 Å². The first-order valence-electron chi connectivity index (χ1n) is 5.72. The van der Waals surface area contributed by atoms with Crippen molar-refractivity contribution >= 4 is 11.8 Å². The zero-order chi connectivity index (χ0) is 8.67. The monoisotopic (exact) mass is 197 g/mol. The van der Waals surface area contributed by atoms with Crippen molar-refractivity contribution < 1.29 is 0 Å². The molecule has 0 aromatic rings. The average Bonchev–Trinajstić information content (AvgIpc) is 2.78. The fraction of sp³-hybridized carbons (Fsp3) is 1.00. The van der Waals surface area contributed by atoms with Gasteiger partial charge in [0.25, 0.3) is 0 Å². The van der Waals surface area contributed by atoms with E-state index in [1.807, 2.05) is 0 Å². The number of thioether (sulfide) groups is 1. The van der Waals surface area contributed by atoms with Gasteiger partial charge in [-0.1, -0.05) is 0 Å². The molecule has 3 rings (SSSR count). The molecule has 3 unspecified atom stereocenters. The summed E-state index contributed by atoms with van der Waals surface area (Å²) >= 11 is 2.18. The van der Waals surface area contributed by atoms with Gasteiger partial charge in [-0.25, -0.2) is 0 Å². The maximum atomic E-state index is 3.53. The van der Waals surface area contributed by atoms with E-state index in [2.05, 4.69) is 17.1 Å². The van der Waals surface area contributed by atoms with Crippen LogP contribution in [-0.4, -0.2) is 24.6 Å². The van der Waals surface area contributed by atoms with Crippen molar-refractivity contribution in [2.75, 3.05) is 24.6 Å². The molecule has 2 saturated heterocycles. The van der Waals surface area contributed by atoms with E-state index in [9.17, 15) is 0 Å². The van der Waals surface area contributed by atoms with Gasteiger partial charge in [0.05, 0.1) is 0 Å². The number of rotatable bonds is 1. The van der Waals surface area contributed by atoms with Gasteiger partial charge in [-0.05, 0) is 67.5 Å². The largest absolute Gasteiger partial charge is 0.316 e. The van der Waals surface area contributed by atoms with Gasteiger partial charge in [0.15, 0.2) is 0 Å². The van der Waals surface area contributed by atoms with Crippen LogP contribution < -0.4 is 5.32 Å². The van der Waals surface area contributed by atoms with Crippen LogP contribution in [0.4, 0.5) is 0 Å². The molecule has 0 aromatic heterocycles. The van der Waals surface area contributed by atoms with Crippen molar-refractivity contribution in [3.8, 4) is 0 Å². The zero-order valence-corrected chi connectivity index (χ0v) is 8.98. The Morgan fingerprint density at radius 1 is 0.923 bits per heavy atom. The zero-order valence-electron chi connectivity index (χ0n) is 8.17. The Hall–Kier alpha value is 0.310. The maximum absolute atomic E-state index is 3.53. The summed E-state index contributed by atoms with van der Waals surface area (Å²) < 4.78 is 0. The molecule has 2 heterocycles. The van der Waals surface area contributed by atoms with Crippen LogP contribution in [0.2, 0.25) is 0 Å². The standard InChI is InChI=1S/C11H19NS/c1-2-13-7-8(1)9-3-10-5-12-6-11(10)4-9/h8-12H,1-7H2. The van der Waals surface area contributed by atoms with Gasteiger partial charge in [0.2, 0.25) is 0 Å². The van der Waals surface area contributed by atoms with Crippen molar-refractivity contribution in [3.63, 3.8) is 0 Å². The molecule has 2 heteroatoms. The lowest BCUT2D eigenvalue weighted by molar-refractivity contribution is 0.351. The van der Waals surface area contributed by atoms with Crippen molar-refractivity contribution in [1.82, 2.24) is 5.32 Å². The Kier molecular flexibility index (Phi) is 2.30. The Morgan fingerprint density at radius 2 is 1.69 bits per heavy atom. The second-order valence-electron chi connectivity index (χ2n) is 5.03. The summed E-state index contributed by atoms with van der Waals surface area (Å²) in [6.07, 6.45) is 4.61. The molecule has 3 fully saturated rings. The van der Waals surface area contributed by atoms with E-state index in [0.29, 0.717) is 0 Å². The molecule has 1 N–H and O–H groups in total. The van der Waals surface area contributed by atoms with Gasteiger partial charge in [-0.3, -0.25) is 0 Å². The molecule has 1 saturated carbocycles. The average molecular weight is 197 g/mol. The molecule has 0 spiro atoms. The Bertz CT molecular complexity index is 177. The van der Waals surface area contributed by atoms with Gasteiger partial charge < -0.3 is 5.32 Å². The Labute approximate surface area is 85.0 Å². The van der Waals surface area contributed by atoms with Crippen LogP contribution in [0.3, 0.4) is 0 Å². The summed E-state index contributed by atoms with van der Waals surface area (Å²) in [6, 6.07) is 0. The SMILES string of the molecule is C1CC(C2CC3CNCC3C2)CS1. The third kappa shape index (κ3) is 1.52. The van der Waals surface area contributed by atoms with Crippen molar-refractivity contribution in [1.29, 1.82) is 0 Å². The number of hydrogen-bond donors (Lipinski definition) is 1. The summed E-state index contributed by atoms with van der Waals surface area (Å²) in [5.74, 6) is 7.21. The van der Waals surface area contributed by atoms with Crippen LogP contribution in [0.1, 0.15) is 19.3 Å². The molecule has 2 aliphatic heterocycles. The highest BCUT2D eigenvalue weighted by atomic mass is 32.2. The highest BCUT2D eigenvalue weighted by molar-refractivity contribution is 7.99. The second kappa shape index (κ2) is 3.47. The van der Waals surface area contributed by atoms with Crippen LogP contribution in [0.15, 0.2) is 0 Å². The molecule has 1 aliphatic carbocycles. The van der Waals surface area contributed by atoms with E-state index >= 15 is 0 Å². The minimum atomic E-state index is 1.05. The third-order valence-electron chi connectivity index (χ3n) is 4.32. The van der Waals surface area contributed by atoms with E-state index in [1.165, 1.54) is 31.0 Å². The van der Waals surface area contributed by atoms with Crippen molar-refractivity contribution in [2.24, 2.45) is 23.7 Å². The number of nitrogens with one attached hydrogen (secondary N) is 1. The predicted molar refractivity (Wildman–Crippen MR) is 58.0 cm³/mol. The fourth-order valence-corrected chi connectivity index (χ4v) is 4.90. The first-order valence-corrected chi connectivity index (χ1v) is 6.87. The summed E-state index contributed by atoms with van der Waals surface area (Å²) in [6.45, 7) is 2.64. The fourth-order valence-electron chi connectivity index (χ4n) is 3.52. The molecule has 0 amide bonds. The summed E-state index contributed by atoms with van der Waals surface area (Å²) in [5.41, 5.74) is 0. The highest BCUT2D eigenvalue weighted by Crippen LogP contribution is 2.45. The van der Waals surface area contributed by atoms with Crippen molar-refractivity contribution in [3.05, 3.63) is 0 Å². The molecule has 0 bridgehead atoms. The molecule has 13 heavy (non-hydrogen) atoms. The van der Waals surface area contributed by atoms with Gasteiger partial charge >= 0.3 is 0 Å². The molecule has 3 atom stereocenters. The lowest BCUT2D eigenvalue weighted by Gasteiger charge is -2.17. The Morgan fingerprint density at radius 3 is 2.31 bits per heavy atom. The van der Waals surface area contributed by atoms with Gasteiger partial charge in [-0.2, -0.15) is 11.8 Å². The third-order valence-corrected chi connectivity index (χ3v) is 5.51. The van der Waals surface area contributed by atoms with Gasteiger partial charge in [-0.15, -0.1) is 0 Å². The highest BCUT2D eigenvalue weighted by Gasteiger charge is 2.40. The van der Waals surface area contributed by atoms with Gasteiger partial charge in [0, 0.05) is 0 Å². The second-order valence-corrected chi connectivity index (χ2v) is 6.18. The van der Waals surface area contributed by atoms with Crippen LogP contribution in [-0.2, 0) is 0 Å². The van der Waals surface area contributed by atoms with E-state index in [1.54, 1.807) is 12.8 Å². The molecule has 0 aromatic carbocycles. The lowest BCUT2D eigenvalue weighted by atomic mass is 9.89. The van der Waals surface area contributed by atoms with E-state index in [0.717, 1.165) is 23.7 Å². The molecule has 74 valence electrons. The molecule has 3 aliphatic rings. The molecular formula is C11H19NS. The van der Waals surface area contributed by atoms with E-state index < -0.39 is 0 Å². The first-order chi connectivity index (χ1) is 6.43.